The summed E-state index contributed by atoms with van der Waals surface area (Å²) in [4.78, 5) is 66.4. The molecule has 3 aromatic rings. The highest BCUT2D eigenvalue weighted by Crippen LogP contribution is 2.33. The Morgan fingerprint density at radius 2 is 1.47 bits per heavy atom. The monoisotopic (exact) mass is 583 g/mol. The van der Waals surface area contributed by atoms with Crippen molar-refractivity contribution in [3.63, 3.8) is 0 Å². The highest BCUT2D eigenvalue weighted by molar-refractivity contribution is 6.24. The Hall–Kier alpha value is -5.84. The van der Waals surface area contributed by atoms with Crippen molar-refractivity contribution >= 4 is 29.4 Å². The summed E-state index contributed by atoms with van der Waals surface area (Å²) in [7, 11) is 1.67. The normalized spacial score (nSPS) is 15.5. The molecule has 0 unspecified atom stereocenters. The second kappa shape index (κ2) is 11.2. The Morgan fingerprint density at radius 3 is 1.98 bits per heavy atom. The summed E-state index contributed by atoms with van der Waals surface area (Å²) in [5, 5.41) is 37.4. The number of para-hydroxylation sites is 1. The number of aromatic carboxylic acids is 2. The van der Waals surface area contributed by atoms with Gasteiger partial charge >= 0.3 is 11.9 Å². The smallest absolute Gasteiger partial charge is 0.336 e. The molecule has 0 saturated carbocycles. The van der Waals surface area contributed by atoms with Crippen molar-refractivity contribution in [1.29, 1.82) is 5.26 Å². The first-order valence-electron chi connectivity index (χ1n) is 13.2. The number of hydrogen-bond donors (Lipinski definition) is 2. The van der Waals surface area contributed by atoms with Gasteiger partial charge in [0.1, 0.15) is 6.07 Å². The van der Waals surface area contributed by atoms with E-state index in [1.54, 1.807) is 53.9 Å². The van der Waals surface area contributed by atoms with Crippen LogP contribution in [0.15, 0.2) is 69.0 Å². The number of fused-ring (bicyclic) bond motifs is 1. The summed E-state index contributed by atoms with van der Waals surface area (Å²) in [5.41, 5.74) is -1.93. The summed E-state index contributed by atoms with van der Waals surface area (Å²) in [6, 6.07) is 12.4. The fourth-order valence-corrected chi connectivity index (χ4v) is 5.22. The molecular formula is C29H25N7O7. The summed E-state index contributed by atoms with van der Waals surface area (Å²) in [6.45, 7) is 2.39. The first-order valence-corrected chi connectivity index (χ1v) is 13.2. The van der Waals surface area contributed by atoms with Gasteiger partial charge < -0.3 is 15.1 Å². The molecule has 2 aliphatic rings. The zero-order chi connectivity index (χ0) is 31.0. The fraction of sp³-hybridized carbons (Fsp3) is 0.241. The minimum Gasteiger partial charge on any atom is -0.478 e. The lowest BCUT2D eigenvalue weighted by Gasteiger charge is -2.34. The number of piperidine rings is 1. The van der Waals surface area contributed by atoms with E-state index in [-0.39, 0.29) is 22.6 Å². The van der Waals surface area contributed by atoms with Gasteiger partial charge in [-0.05, 0) is 50.5 Å². The Balaban J connectivity index is 1.65. The molecule has 0 bridgehead atoms. The lowest BCUT2D eigenvalue weighted by atomic mass is 9.99. The van der Waals surface area contributed by atoms with Crippen LogP contribution in [0.25, 0.3) is 5.69 Å². The molecule has 2 aliphatic heterocycles. The van der Waals surface area contributed by atoms with E-state index in [1.165, 1.54) is 4.68 Å². The third-order valence-electron chi connectivity index (χ3n) is 7.44. The van der Waals surface area contributed by atoms with Crippen LogP contribution in [0.1, 0.15) is 66.4 Å². The van der Waals surface area contributed by atoms with Crippen molar-refractivity contribution in [2.45, 2.75) is 26.2 Å². The van der Waals surface area contributed by atoms with E-state index in [0.29, 0.717) is 42.2 Å². The molecule has 2 aromatic carbocycles. The molecule has 2 N–H and O–H groups in total. The molecule has 14 heteroatoms. The molecule has 0 spiro atoms. The molecule has 1 fully saturated rings. The quantitative estimate of drug-likeness (QED) is 0.238. The Labute approximate surface area is 244 Å². The van der Waals surface area contributed by atoms with Crippen LogP contribution in [-0.4, -0.2) is 66.2 Å². The van der Waals surface area contributed by atoms with Gasteiger partial charge in [0.25, 0.3) is 17.4 Å². The van der Waals surface area contributed by atoms with Gasteiger partial charge in [0, 0.05) is 20.1 Å². The first-order chi connectivity index (χ1) is 20.6. The van der Waals surface area contributed by atoms with E-state index < -0.39 is 46.1 Å². The summed E-state index contributed by atoms with van der Waals surface area (Å²) < 4.78 is 2.97. The Kier molecular flexibility index (Phi) is 7.47. The van der Waals surface area contributed by atoms with Crippen LogP contribution < -0.4 is 5.56 Å². The molecule has 5 rings (SSSR count). The lowest BCUT2D eigenvalue weighted by Crippen LogP contribution is -2.42. The van der Waals surface area contributed by atoms with E-state index in [0.717, 1.165) is 18.6 Å². The molecule has 0 aliphatic carbocycles. The van der Waals surface area contributed by atoms with E-state index >= 15 is 0 Å². The number of imide groups is 1. The second-order valence-corrected chi connectivity index (χ2v) is 9.94. The van der Waals surface area contributed by atoms with Gasteiger partial charge in [-0.25, -0.2) is 19.2 Å². The Morgan fingerprint density at radius 1 is 0.907 bits per heavy atom. The van der Waals surface area contributed by atoms with Gasteiger partial charge in [-0.15, -0.1) is 10.2 Å². The third-order valence-corrected chi connectivity index (χ3v) is 7.44. The van der Waals surface area contributed by atoms with Gasteiger partial charge in [-0.3, -0.25) is 19.1 Å². The number of aromatic nitrogens is 2. The van der Waals surface area contributed by atoms with Crippen LogP contribution in [0.3, 0.4) is 0 Å². The van der Waals surface area contributed by atoms with E-state index in [2.05, 4.69) is 10.2 Å². The highest BCUT2D eigenvalue weighted by Gasteiger charge is 2.43. The van der Waals surface area contributed by atoms with E-state index in [1.807, 2.05) is 6.07 Å². The summed E-state index contributed by atoms with van der Waals surface area (Å²) in [5.74, 6) is -5.23. The summed E-state index contributed by atoms with van der Waals surface area (Å²) in [6.07, 6.45) is 2.25. The molecule has 1 saturated heterocycles. The average Bonchev–Trinajstić information content (AvgIpc) is 3.37. The third kappa shape index (κ3) is 4.86. The van der Waals surface area contributed by atoms with Crippen LogP contribution in [0.2, 0.25) is 0 Å². The number of likely N-dealkylation sites (tertiary alicyclic amines) is 1. The number of carbonyl (C=O) groups is 4. The van der Waals surface area contributed by atoms with Gasteiger partial charge in [-0.1, -0.05) is 18.2 Å². The standard InChI is InChI=1S/C29H25N7O7/c1-16-23(27(39)36(33(16)2)17-9-5-3-6-10-17)32-31-22(15-30)24(34-11-7-4-8-12-34)35-25(37)18-13-20(28(40)41)21(29(42)43)14-19(18)26(35)38/h3,5-6,9-10,13-14H,4,7-8,11-12H2,1-2H3,(H,40,41)(H,42,43)/b24-22+,32-31?. The van der Waals surface area contributed by atoms with Gasteiger partial charge in [0.15, 0.2) is 11.5 Å². The van der Waals surface area contributed by atoms with Crippen LogP contribution in [0.5, 0.6) is 0 Å². The topological polar surface area (TPSA) is 191 Å². The fourth-order valence-electron chi connectivity index (χ4n) is 5.22. The van der Waals surface area contributed by atoms with Crippen molar-refractivity contribution in [3.05, 3.63) is 92.3 Å². The number of carboxylic acid groups (broad SMARTS) is 2. The van der Waals surface area contributed by atoms with E-state index in [9.17, 15) is 39.4 Å². The number of nitrogens with zero attached hydrogens (tertiary/aromatic N) is 7. The Bertz CT molecular complexity index is 1800. The highest BCUT2D eigenvalue weighted by atomic mass is 16.4. The molecule has 2 amide bonds. The predicted molar refractivity (Wildman–Crippen MR) is 149 cm³/mol. The molecule has 14 nitrogen and oxygen atoms in total. The largest absolute Gasteiger partial charge is 0.478 e. The number of rotatable bonds is 7. The van der Waals surface area contributed by atoms with Crippen molar-refractivity contribution in [3.8, 4) is 11.8 Å². The maximum Gasteiger partial charge on any atom is 0.336 e. The molecular weight excluding hydrogens is 558 g/mol. The van der Waals surface area contributed by atoms with Crippen LogP contribution in [0.4, 0.5) is 5.69 Å². The van der Waals surface area contributed by atoms with Crippen LogP contribution in [0, 0.1) is 18.3 Å². The molecule has 0 radical (unpaired) electrons. The van der Waals surface area contributed by atoms with Gasteiger partial charge in [-0.2, -0.15) is 5.26 Å². The van der Waals surface area contributed by atoms with E-state index in [4.69, 9.17) is 0 Å². The zero-order valence-electron chi connectivity index (χ0n) is 23.1. The first kappa shape index (κ1) is 28.7. The van der Waals surface area contributed by atoms with Crippen LogP contribution in [-0.2, 0) is 7.05 Å². The average molecular weight is 584 g/mol. The molecule has 43 heavy (non-hydrogen) atoms. The molecule has 1 aromatic heterocycles. The number of nitriles is 1. The number of benzene rings is 2. The van der Waals surface area contributed by atoms with Gasteiger partial charge in [0.05, 0.1) is 33.6 Å². The number of azo groups is 1. The predicted octanol–water partition coefficient (Wildman–Crippen LogP) is 3.44. The maximum atomic E-state index is 13.6. The van der Waals surface area contributed by atoms with Crippen molar-refractivity contribution in [2.24, 2.45) is 17.3 Å². The maximum absolute atomic E-state index is 13.6. The van der Waals surface area contributed by atoms with Crippen molar-refractivity contribution < 1.29 is 29.4 Å². The number of allylic oxidation sites excluding steroid dienone is 1. The van der Waals surface area contributed by atoms with Crippen LogP contribution >= 0.6 is 0 Å². The molecule has 3 heterocycles. The lowest BCUT2D eigenvalue weighted by molar-refractivity contribution is 0.0634. The number of carbonyl (C=O) groups excluding carboxylic acids is 2. The zero-order valence-corrected chi connectivity index (χ0v) is 23.1. The SMILES string of the molecule is Cc1c(N=N/C(C#N)=C(\N2CCCCC2)N2C(=O)c3cc(C(=O)O)c(C(=O)O)cc3C2=O)c(=O)n(-c2ccccc2)n1C. The second-order valence-electron chi connectivity index (χ2n) is 9.94. The number of carboxylic acids is 2. The summed E-state index contributed by atoms with van der Waals surface area (Å²) >= 11 is 0. The number of amides is 2. The minimum absolute atomic E-state index is 0.0586. The van der Waals surface area contributed by atoms with Crippen molar-refractivity contribution in [1.82, 2.24) is 19.2 Å². The minimum atomic E-state index is -1.59. The van der Waals surface area contributed by atoms with Crippen molar-refractivity contribution in [2.75, 3.05) is 13.1 Å². The molecule has 0 atom stereocenters. The number of hydrogen-bond acceptors (Lipinski definition) is 9. The van der Waals surface area contributed by atoms with Gasteiger partial charge in [0.2, 0.25) is 5.70 Å². The molecule has 218 valence electrons.